The highest BCUT2D eigenvalue weighted by Crippen LogP contribution is 2.37. The number of ketones is 1. The van der Waals surface area contributed by atoms with Crippen molar-refractivity contribution in [1.29, 1.82) is 0 Å². The molecule has 0 aromatic heterocycles. The number of aliphatic hydroxyl groups is 1. The summed E-state index contributed by atoms with van der Waals surface area (Å²) in [6, 6.07) is 0. The number of halogens is 3. The molecule has 0 radical (unpaired) electrons. The molecule has 0 spiro atoms. The van der Waals surface area contributed by atoms with Crippen LogP contribution in [0.2, 0.25) is 0 Å². The van der Waals surface area contributed by atoms with Gasteiger partial charge in [-0.15, -0.1) is 0 Å². The van der Waals surface area contributed by atoms with Crippen molar-refractivity contribution in [2.45, 2.75) is 66.0 Å². The summed E-state index contributed by atoms with van der Waals surface area (Å²) in [4.78, 5) is 11.9. The number of carbonyl (C=O) groups excluding carboxylic acids is 1. The summed E-state index contributed by atoms with van der Waals surface area (Å²) in [7, 11) is 0. The largest absolute Gasteiger partial charge is 0.512 e. The molecule has 0 fully saturated rings. The monoisotopic (exact) mass is 294 g/mol. The summed E-state index contributed by atoms with van der Waals surface area (Å²) in [5, 5.41) is 10.1. The maximum Gasteiger partial charge on any atom is 0.389 e. The van der Waals surface area contributed by atoms with E-state index in [-0.39, 0.29) is 12.2 Å². The van der Waals surface area contributed by atoms with Gasteiger partial charge in [-0.2, -0.15) is 13.2 Å². The number of rotatable bonds is 8. The Labute approximate surface area is 119 Å². The first-order valence-electron chi connectivity index (χ1n) is 7.17. The van der Waals surface area contributed by atoms with Crippen LogP contribution in [0.15, 0.2) is 11.8 Å². The van der Waals surface area contributed by atoms with E-state index in [1.165, 1.54) is 0 Å². The average molecular weight is 294 g/mol. The Kier molecular flexibility index (Phi) is 7.31. The molecule has 1 N–H and O–H groups in total. The van der Waals surface area contributed by atoms with E-state index < -0.39 is 29.7 Å². The minimum atomic E-state index is -4.36. The second-order valence-corrected chi connectivity index (χ2v) is 5.20. The Bertz CT molecular complexity index is 333. The molecule has 0 saturated heterocycles. The number of allylic oxidation sites excluding steroid dienone is 2. The number of alkyl halides is 3. The normalized spacial score (nSPS) is 15.2. The zero-order valence-electron chi connectivity index (χ0n) is 12.7. The first-order chi connectivity index (χ1) is 9.15. The van der Waals surface area contributed by atoms with E-state index in [1.807, 2.05) is 20.8 Å². The summed E-state index contributed by atoms with van der Waals surface area (Å²) in [6.07, 6.45) is -2.44. The summed E-state index contributed by atoms with van der Waals surface area (Å²) in [6.45, 7) is 7.24. The third-order valence-corrected chi connectivity index (χ3v) is 4.23. The zero-order valence-corrected chi connectivity index (χ0v) is 12.7. The molecule has 1 atom stereocenters. The molecule has 0 aliphatic heterocycles. The van der Waals surface area contributed by atoms with Gasteiger partial charge in [0.25, 0.3) is 0 Å². The average Bonchev–Trinajstić information content (AvgIpc) is 2.37. The van der Waals surface area contributed by atoms with E-state index >= 15 is 0 Å². The molecular weight excluding hydrogens is 269 g/mol. The molecule has 0 aromatic carbocycles. The van der Waals surface area contributed by atoms with Crippen LogP contribution in [-0.4, -0.2) is 17.1 Å². The number of hydrogen-bond acceptors (Lipinski definition) is 2. The quantitative estimate of drug-likeness (QED) is 0.494. The molecule has 118 valence electrons. The highest BCUT2D eigenvalue weighted by Gasteiger charge is 2.35. The van der Waals surface area contributed by atoms with Gasteiger partial charge in [-0.05, 0) is 25.7 Å². The Morgan fingerprint density at radius 2 is 1.55 bits per heavy atom. The van der Waals surface area contributed by atoms with Crippen LogP contribution in [0, 0.1) is 11.3 Å². The Morgan fingerprint density at radius 1 is 1.10 bits per heavy atom. The number of aliphatic hydroxyl groups excluding tert-OH is 1. The molecule has 5 heteroatoms. The van der Waals surface area contributed by atoms with E-state index in [0.29, 0.717) is 19.3 Å². The van der Waals surface area contributed by atoms with Crippen LogP contribution >= 0.6 is 0 Å². The van der Waals surface area contributed by atoms with E-state index in [1.54, 1.807) is 6.92 Å². The fourth-order valence-corrected chi connectivity index (χ4v) is 2.42. The predicted molar refractivity (Wildman–Crippen MR) is 73.5 cm³/mol. The summed E-state index contributed by atoms with van der Waals surface area (Å²) in [5.74, 6) is -1.84. The smallest absolute Gasteiger partial charge is 0.389 e. The molecule has 0 aliphatic rings. The van der Waals surface area contributed by atoms with Crippen molar-refractivity contribution in [3.8, 4) is 0 Å². The van der Waals surface area contributed by atoms with Crippen molar-refractivity contribution in [2.75, 3.05) is 0 Å². The van der Waals surface area contributed by atoms with E-state index in [9.17, 15) is 23.1 Å². The predicted octanol–water partition coefficient (Wildman–Crippen LogP) is 5.19. The van der Waals surface area contributed by atoms with Gasteiger partial charge in [0.05, 0.1) is 6.42 Å². The lowest BCUT2D eigenvalue weighted by atomic mass is 9.77. The van der Waals surface area contributed by atoms with Crippen LogP contribution in [0.3, 0.4) is 0 Å². The molecule has 1 unspecified atom stereocenters. The van der Waals surface area contributed by atoms with Crippen LogP contribution in [0.1, 0.15) is 59.8 Å². The first-order valence-corrected chi connectivity index (χ1v) is 7.17. The minimum absolute atomic E-state index is 0.0874. The molecule has 0 bridgehead atoms. The van der Waals surface area contributed by atoms with Crippen LogP contribution in [0.25, 0.3) is 0 Å². The molecule has 0 heterocycles. The van der Waals surface area contributed by atoms with Gasteiger partial charge in [-0.25, -0.2) is 0 Å². The molecule has 0 saturated carbocycles. The van der Waals surface area contributed by atoms with Crippen molar-refractivity contribution >= 4 is 5.78 Å². The number of carbonyl (C=O) groups is 1. The topological polar surface area (TPSA) is 37.3 Å². The third kappa shape index (κ3) is 5.17. The van der Waals surface area contributed by atoms with Gasteiger partial charge < -0.3 is 5.11 Å². The highest BCUT2D eigenvalue weighted by atomic mass is 19.4. The molecule has 0 aliphatic carbocycles. The summed E-state index contributed by atoms with van der Waals surface area (Å²) >= 11 is 0. The molecule has 0 amide bonds. The van der Waals surface area contributed by atoms with Gasteiger partial charge in [0, 0.05) is 17.4 Å². The zero-order chi connectivity index (χ0) is 16.0. The van der Waals surface area contributed by atoms with Crippen molar-refractivity contribution in [3.63, 3.8) is 0 Å². The molecule has 2 nitrogen and oxygen atoms in total. The lowest BCUT2D eigenvalue weighted by Crippen LogP contribution is -2.25. The third-order valence-electron chi connectivity index (χ3n) is 4.23. The van der Waals surface area contributed by atoms with Gasteiger partial charge in [-0.1, -0.05) is 27.7 Å². The lowest BCUT2D eigenvalue weighted by Gasteiger charge is -2.29. The van der Waals surface area contributed by atoms with Gasteiger partial charge in [-0.3, -0.25) is 4.79 Å². The van der Waals surface area contributed by atoms with Gasteiger partial charge >= 0.3 is 6.18 Å². The standard InChI is InChI=1S/C15H25F3O2/c1-5-11(10-15(16,17)18)12(19)9-13(20)14(6-2,7-3)8-4/h9,11,20H,5-8,10H2,1-4H3. The van der Waals surface area contributed by atoms with E-state index in [4.69, 9.17) is 0 Å². The van der Waals surface area contributed by atoms with Gasteiger partial charge in [0.15, 0.2) is 5.78 Å². The second kappa shape index (κ2) is 7.70. The van der Waals surface area contributed by atoms with Crippen LogP contribution in [0.5, 0.6) is 0 Å². The van der Waals surface area contributed by atoms with E-state index in [0.717, 1.165) is 6.08 Å². The minimum Gasteiger partial charge on any atom is -0.512 e. The highest BCUT2D eigenvalue weighted by molar-refractivity contribution is 5.92. The molecule has 0 rings (SSSR count). The maximum atomic E-state index is 12.4. The lowest BCUT2D eigenvalue weighted by molar-refractivity contribution is -0.151. The van der Waals surface area contributed by atoms with Crippen LogP contribution in [0.4, 0.5) is 13.2 Å². The Hall–Kier alpha value is -1.00. The van der Waals surface area contributed by atoms with Crippen molar-refractivity contribution in [1.82, 2.24) is 0 Å². The van der Waals surface area contributed by atoms with Gasteiger partial charge in [0.2, 0.25) is 0 Å². The van der Waals surface area contributed by atoms with Crippen molar-refractivity contribution in [2.24, 2.45) is 11.3 Å². The SMILES string of the molecule is CCC(CC(F)(F)F)C(=O)C=C(O)C(CC)(CC)CC. The first kappa shape index (κ1) is 19.0. The maximum absolute atomic E-state index is 12.4. The summed E-state index contributed by atoms with van der Waals surface area (Å²) in [5.41, 5.74) is -0.508. The molecule has 20 heavy (non-hydrogen) atoms. The van der Waals surface area contributed by atoms with Crippen LogP contribution in [-0.2, 0) is 4.79 Å². The Balaban J connectivity index is 5.14. The fourth-order valence-electron chi connectivity index (χ4n) is 2.42. The Morgan fingerprint density at radius 3 is 1.85 bits per heavy atom. The van der Waals surface area contributed by atoms with Gasteiger partial charge in [0.1, 0.15) is 5.76 Å². The van der Waals surface area contributed by atoms with Crippen molar-refractivity contribution in [3.05, 3.63) is 11.8 Å². The van der Waals surface area contributed by atoms with E-state index in [2.05, 4.69) is 0 Å². The van der Waals surface area contributed by atoms with Crippen molar-refractivity contribution < 1.29 is 23.1 Å². The second-order valence-electron chi connectivity index (χ2n) is 5.20. The fraction of sp³-hybridized carbons (Fsp3) is 0.800. The number of hydrogen-bond donors (Lipinski definition) is 1. The molecular formula is C15H25F3O2. The molecule has 0 aromatic rings. The van der Waals surface area contributed by atoms with Crippen LogP contribution < -0.4 is 0 Å². The summed E-state index contributed by atoms with van der Waals surface area (Å²) < 4.78 is 37.2.